The predicted molar refractivity (Wildman–Crippen MR) is 78.5 cm³/mol. The molecule has 2 aromatic carbocycles. The molecule has 0 aliphatic heterocycles. The zero-order valence-electron chi connectivity index (χ0n) is 11.8. The van der Waals surface area contributed by atoms with Gasteiger partial charge >= 0.3 is 0 Å². The molecule has 0 aromatic heterocycles. The van der Waals surface area contributed by atoms with E-state index in [-0.39, 0.29) is 6.04 Å². The lowest BCUT2D eigenvalue weighted by Gasteiger charge is -2.18. The fourth-order valence-electron chi connectivity index (χ4n) is 2.29. The highest BCUT2D eigenvalue weighted by molar-refractivity contribution is 5.68. The summed E-state index contributed by atoms with van der Waals surface area (Å²) in [7, 11) is 0. The zero-order valence-corrected chi connectivity index (χ0v) is 11.8. The third-order valence-electron chi connectivity index (χ3n) is 3.35. The molecule has 0 spiro atoms. The molecular formula is C17H19F2N. The monoisotopic (exact) mass is 275 g/mol. The minimum atomic E-state index is -0.426. The Morgan fingerprint density at radius 2 is 1.80 bits per heavy atom. The van der Waals surface area contributed by atoms with Crippen LogP contribution in [0.2, 0.25) is 0 Å². The van der Waals surface area contributed by atoms with Crippen LogP contribution in [-0.2, 0) is 0 Å². The lowest BCUT2D eigenvalue weighted by molar-refractivity contribution is 0.570. The maximum absolute atomic E-state index is 14.0. The normalized spacial score (nSPS) is 12.4. The molecule has 0 amide bonds. The van der Waals surface area contributed by atoms with Gasteiger partial charge in [-0.3, -0.25) is 0 Å². The number of halogens is 2. The highest BCUT2D eigenvalue weighted by Gasteiger charge is 2.14. The van der Waals surface area contributed by atoms with E-state index in [0.717, 1.165) is 30.2 Å². The molecule has 1 unspecified atom stereocenters. The van der Waals surface area contributed by atoms with E-state index < -0.39 is 11.6 Å². The van der Waals surface area contributed by atoms with E-state index in [1.165, 1.54) is 12.1 Å². The first-order chi connectivity index (χ1) is 9.63. The Labute approximate surface area is 118 Å². The van der Waals surface area contributed by atoms with Crippen LogP contribution in [0.3, 0.4) is 0 Å². The molecule has 20 heavy (non-hydrogen) atoms. The number of hydrogen-bond acceptors (Lipinski definition) is 1. The van der Waals surface area contributed by atoms with Gasteiger partial charge in [0, 0.05) is 11.6 Å². The summed E-state index contributed by atoms with van der Waals surface area (Å²) in [5.74, 6) is -0.827. The summed E-state index contributed by atoms with van der Waals surface area (Å²) in [5, 5.41) is 3.38. The number of rotatable bonds is 5. The minimum absolute atomic E-state index is 0.0915. The fraction of sp³-hybridized carbons (Fsp3) is 0.294. The van der Waals surface area contributed by atoms with Crippen LogP contribution < -0.4 is 5.32 Å². The topological polar surface area (TPSA) is 12.0 Å². The Bertz CT molecular complexity index is 581. The molecule has 0 bridgehead atoms. The Morgan fingerprint density at radius 1 is 1.05 bits per heavy atom. The molecule has 1 nitrogen and oxygen atoms in total. The van der Waals surface area contributed by atoms with Crippen LogP contribution in [-0.4, -0.2) is 6.54 Å². The zero-order chi connectivity index (χ0) is 14.5. The van der Waals surface area contributed by atoms with Crippen LogP contribution >= 0.6 is 0 Å². The molecule has 3 heteroatoms. The maximum Gasteiger partial charge on any atom is 0.131 e. The van der Waals surface area contributed by atoms with Crippen molar-refractivity contribution in [1.29, 1.82) is 0 Å². The van der Waals surface area contributed by atoms with Crippen molar-refractivity contribution in [2.24, 2.45) is 0 Å². The average Bonchev–Trinajstić information content (AvgIpc) is 2.47. The summed E-state index contributed by atoms with van der Waals surface area (Å²) in [6.07, 6.45) is 1.03. The minimum Gasteiger partial charge on any atom is -0.310 e. The van der Waals surface area contributed by atoms with Gasteiger partial charge in [-0.1, -0.05) is 31.2 Å². The fourth-order valence-corrected chi connectivity index (χ4v) is 2.29. The molecule has 0 aliphatic rings. The van der Waals surface area contributed by atoms with Crippen LogP contribution in [0.4, 0.5) is 8.78 Å². The lowest BCUT2D eigenvalue weighted by atomic mass is 9.95. The molecule has 0 aliphatic carbocycles. The van der Waals surface area contributed by atoms with E-state index in [0.29, 0.717) is 5.56 Å². The van der Waals surface area contributed by atoms with Crippen molar-refractivity contribution in [2.45, 2.75) is 26.3 Å². The second-order valence-corrected chi connectivity index (χ2v) is 4.89. The summed E-state index contributed by atoms with van der Waals surface area (Å²) in [4.78, 5) is 0. The molecule has 0 fully saturated rings. The average molecular weight is 275 g/mol. The van der Waals surface area contributed by atoms with Gasteiger partial charge in [0.1, 0.15) is 11.6 Å². The Hall–Kier alpha value is -1.74. The first-order valence-electron chi connectivity index (χ1n) is 6.91. The van der Waals surface area contributed by atoms with E-state index in [1.54, 1.807) is 0 Å². The summed E-state index contributed by atoms with van der Waals surface area (Å²) in [5.41, 5.74) is 2.02. The SMILES string of the molecule is CCCNC(C)c1ccccc1-c1cc(F)ccc1F. The highest BCUT2D eigenvalue weighted by atomic mass is 19.1. The largest absolute Gasteiger partial charge is 0.310 e. The van der Waals surface area contributed by atoms with Crippen molar-refractivity contribution < 1.29 is 8.78 Å². The Balaban J connectivity index is 2.44. The first-order valence-corrected chi connectivity index (χ1v) is 6.91. The second-order valence-electron chi connectivity index (χ2n) is 4.89. The van der Waals surface area contributed by atoms with Gasteiger partial charge in [0.15, 0.2) is 0 Å². The smallest absolute Gasteiger partial charge is 0.131 e. The maximum atomic E-state index is 14.0. The quantitative estimate of drug-likeness (QED) is 0.834. The van der Waals surface area contributed by atoms with Crippen LogP contribution in [0.15, 0.2) is 42.5 Å². The summed E-state index contributed by atoms with van der Waals surface area (Å²) in [6.45, 7) is 5.02. The van der Waals surface area contributed by atoms with Crippen LogP contribution in [0.5, 0.6) is 0 Å². The van der Waals surface area contributed by atoms with Crippen molar-refractivity contribution in [1.82, 2.24) is 5.32 Å². The molecular weight excluding hydrogens is 256 g/mol. The number of benzene rings is 2. The van der Waals surface area contributed by atoms with Crippen molar-refractivity contribution >= 4 is 0 Å². The second kappa shape index (κ2) is 6.62. The van der Waals surface area contributed by atoms with E-state index in [1.807, 2.05) is 31.2 Å². The molecule has 0 saturated carbocycles. The van der Waals surface area contributed by atoms with Crippen LogP contribution in [0.1, 0.15) is 31.9 Å². The third-order valence-corrected chi connectivity index (χ3v) is 3.35. The molecule has 106 valence electrons. The highest BCUT2D eigenvalue weighted by Crippen LogP contribution is 2.30. The van der Waals surface area contributed by atoms with E-state index in [9.17, 15) is 8.78 Å². The molecule has 0 radical (unpaired) electrons. The third kappa shape index (κ3) is 3.23. The van der Waals surface area contributed by atoms with Crippen molar-refractivity contribution in [3.63, 3.8) is 0 Å². The number of nitrogens with one attached hydrogen (secondary N) is 1. The van der Waals surface area contributed by atoms with E-state index in [4.69, 9.17) is 0 Å². The first kappa shape index (κ1) is 14.7. The molecule has 1 N–H and O–H groups in total. The predicted octanol–water partition coefficient (Wildman–Crippen LogP) is 4.69. The Morgan fingerprint density at radius 3 is 2.55 bits per heavy atom. The summed E-state index contributed by atoms with van der Waals surface area (Å²) in [6, 6.07) is 11.2. The standard InChI is InChI=1S/C17H19F2N/c1-3-10-20-12(2)14-6-4-5-7-15(14)16-11-13(18)8-9-17(16)19/h4-9,11-12,20H,3,10H2,1-2H3. The summed E-state index contributed by atoms with van der Waals surface area (Å²) >= 11 is 0. The van der Waals surface area contributed by atoms with Gasteiger partial charge in [-0.15, -0.1) is 0 Å². The van der Waals surface area contributed by atoms with Crippen molar-refractivity contribution in [2.75, 3.05) is 6.54 Å². The van der Waals surface area contributed by atoms with Gasteiger partial charge in [0.2, 0.25) is 0 Å². The van der Waals surface area contributed by atoms with Crippen molar-refractivity contribution in [3.05, 3.63) is 59.7 Å². The van der Waals surface area contributed by atoms with Crippen molar-refractivity contribution in [3.8, 4) is 11.1 Å². The van der Waals surface area contributed by atoms with Crippen LogP contribution in [0.25, 0.3) is 11.1 Å². The molecule has 0 heterocycles. The molecule has 1 atom stereocenters. The molecule has 2 rings (SSSR count). The van der Waals surface area contributed by atoms with Gasteiger partial charge in [0.05, 0.1) is 0 Å². The molecule has 2 aromatic rings. The van der Waals surface area contributed by atoms with E-state index in [2.05, 4.69) is 12.2 Å². The van der Waals surface area contributed by atoms with Gasteiger partial charge in [0.25, 0.3) is 0 Å². The van der Waals surface area contributed by atoms with Gasteiger partial charge in [-0.2, -0.15) is 0 Å². The van der Waals surface area contributed by atoms with E-state index >= 15 is 0 Å². The van der Waals surface area contributed by atoms with Gasteiger partial charge in [-0.25, -0.2) is 8.78 Å². The molecule has 0 saturated heterocycles. The van der Waals surface area contributed by atoms with Crippen LogP contribution in [0, 0.1) is 11.6 Å². The van der Waals surface area contributed by atoms with Gasteiger partial charge in [-0.05, 0) is 49.2 Å². The Kier molecular flexibility index (Phi) is 4.85. The number of hydrogen-bond donors (Lipinski definition) is 1. The summed E-state index contributed by atoms with van der Waals surface area (Å²) < 4.78 is 27.3. The lowest BCUT2D eigenvalue weighted by Crippen LogP contribution is -2.19. The van der Waals surface area contributed by atoms with Gasteiger partial charge < -0.3 is 5.32 Å².